The van der Waals surface area contributed by atoms with E-state index in [4.69, 9.17) is 15.2 Å². The van der Waals surface area contributed by atoms with E-state index >= 15 is 0 Å². The summed E-state index contributed by atoms with van der Waals surface area (Å²) in [6, 6.07) is 4.70. The summed E-state index contributed by atoms with van der Waals surface area (Å²) in [6.45, 7) is 15.3. The summed E-state index contributed by atoms with van der Waals surface area (Å²) in [7, 11) is 5.64. The third kappa shape index (κ3) is 20.4. The second-order valence-corrected chi connectivity index (χ2v) is 18.6. The van der Waals surface area contributed by atoms with Crippen LogP contribution in [0.5, 0.6) is 0 Å². The number of carbonyl (C=O) groups excluding carboxylic acids is 7. The van der Waals surface area contributed by atoms with Crippen molar-refractivity contribution in [2.45, 2.75) is 111 Å². The lowest BCUT2D eigenvalue weighted by Crippen LogP contribution is -2.39. The van der Waals surface area contributed by atoms with Gasteiger partial charge in [-0.3, -0.25) is 24.0 Å². The Morgan fingerprint density at radius 3 is 1.67 bits per heavy atom. The summed E-state index contributed by atoms with van der Waals surface area (Å²) in [5.41, 5.74) is 5.99. The summed E-state index contributed by atoms with van der Waals surface area (Å²) in [5.74, 6) is -1.85. The first-order valence-corrected chi connectivity index (χ1v) is 22.8. The molecule has 3 heterocycles. The van der Waals surface area contributed by atoms with Gasteiger partial charge in [-0.15, -0.1) is 0 Å². The van der Waals surface area contributed by atoms with E-state index in [1.165, 1.54) is 6.92 Å². The van der Waals surface area contributed by atoms with Gasteiger partial charge in [0.1, 0.15) is 28.3 Å². The van der Waals surface area contributed by atoms with Crippen molar-refractivity contribution in [3.8, 4) is 0 Å². The van der Waals surface area contributed by atoms with E-state index in [-0.39, 0.29) is 48.7 Å². The molecule has 0 saturated heterocycles. The molecule has 0 spiro atoms. The van der Waals surface area contributed by atoms with Gasteiger partial charge < -0.3 is 70.6 Å². The van der Waals surface area contributed by atoms with Gasteiger partial charge in [0.25, 0.3) is 17.7 Å². The van der Waals surface area contributed by atoms with Crippen LogP contribution in [0.1, 0.15) is 118 Å². The fourth-order valence-corrected chi connectivity index (χ4v) is 6.75. The number of nitrogens with zero attached hydrogens (tertiary/aromatic N) is 5. The summed E-state index contributed by atoms with van der Waals surface area (Å²) < 4.78 is 16.0. The monoisotopic (exact) mass is 939 g/mol. The molecular formula is C46H74N12O9. The first-order chi connectivity index (χ1) is 31.4. The molecule has 0 fully saturated rings. The van der Waals surface area contributed by atoms with Gasteiger partial charge in [0.15, 0.2) is 0 Å². The Morgan fingerprint density at radius 1 is 0.597 bits per heavy atom. The molecule has 0 aliphatic carbocycles. The van der Waals surface area contributed by atoms with Crippen LogP contribution in [0.3, 0.4) is 0 Å². The zero-order chi connectivity index (χ0) is 49.9. The van der Waals surface area contributed by atoms with Crippen molar-refractivity contribution < 1.29 is 43.0 Å². The molecule has 0 unspecified atom stereocenters. The predicted molar refractivity (Wildman–Crippen MR) is 257 cm³/mol. The van der Waals surface area contributed by atoms with Crippen LogP contribution in [0.15, 0.2) is 36.8 Å². The number of anilines is 3. The minimum atomic E-state index is -0.685. The third-order valence-corrected chi connectivity index (χ3v) is 9.73. The quantitative estimate of drug-likeness (QED) is 0.0580. The maximum Gasteiger partial charge on any atom is 0.410 e. The number of hydrogen-bond acceptors (Lipinski definition) is 11. The molecule has 0 radical (unpaired) electrons. The topological polar surface area (TPSA) is 257 Å². The number of rotatable bonds is 25. The smallest absolute Gasteiger partial charge is 0.410 e. The summed E-state index contributed by atoms with van der Waals surface area (Å²) >= 11 is 0. The first kappa shape index (κ1) is 55.0. The van der Waals surface area contributed by atoms with Crippen LogP contribution >= 0.6 is 0 Å². The number of hydrogen-bond donors (Lipinski definition) is 7. The molecule has 0 aliphatic rings. The minimum Gasteiger partial charge on any atom is -0.444 e. The lowest BCUT2D eigenvalue weighted by molar-refractivity contribution is -0.119. The average molecular weight is 939 g/mol. The number of carbonyl (C=O) groups is 7. The van der Waals surface area contributed by atoms with Gasteiger partial charge in [0, 0.05) is 78.4 Å². The van der Waals surface area contributed by atoms with Gasteiger partial charge in [-0.2, -0.15) is 0 Å². The molecule has 0 aromatic carbocycles. The van der Waals surface area contributed by atoms with Crippen LogP contribution in [-0.2, 0) is 39.2 Å². The number of unbranched alkanes of at least 4 members (excludes halogenated alkanes) is 2. The zero-order valence-electron chi connectivity index (χ0n) is 41.1. The van der Waals surface area contributed by atoms with Crippen molar-refractivity contribution in [2.24, 2.45) is 12.8 Å². The Labute approximate surface area is 394 Å². The molecular weight excluding hydrogens is 865 g/mol. The van der Waals surface area contributed by atoms with E-state index in [0.29, 0.717) is 87.6 Å². The molecule has 21 nitrogen and oxygen atoms in total. The highest BCUT2D eigenvalue weighted by Crippen LogP contribution is 2.22. The Balaban J connectivity index is 1.77. The maximum atomic E-state index is 14.0. The standard InChI is InChI=1S/C46H74N12O9/c1-32(59)51-34-26-37(57(30-34)22-13-11-12-21-56(44(65)67-46(5,6)7)23-15-17-48-39(60)28-47)42(63)53-35-27-38(58(31-35)24-16-19-50-43(64)66-45(2,3)4)41(62)52-33-25-36(55(10)29-33)40(61)49-18-14-20-54(8)9/h25-27,29-31H,11-24,28,47H2,1-10H3,(H,48,60)(H,49,61)(H,50,64)(H,51,59)(H,52,62)(H,53,63). The van der Waals surface area contributed by atoms with Crippen LogP contribution in [-0.4, -0.2) is 136 Å². The highest BCUT2D eigenvalue weighted by Gasteiger charge is 2.23. The molecule has 0 aliphatic heterocycles. The summed E-state index contributed by atoms with van der Waals surface area (Å²) in [6.07, 6.45) is 7.58. The number of amides is 7. The van der Waals surface area contributed by atoms with Crippen molar-refractivity contribution in [3.05, 3.63) is 53.9 Å². The molecule has 0 saturated carbocycles. The van der Waals surface area contributed by atoms with E-state index in [9.17, 15) is 33.6 Å². The number of aryl methyl sites for hydroxylation is 3. The molecule has 3 aromatic rings. The van der Waals surface area contributed by atoms with Crippen LogP contribution in [0.4, 0.5) is 26.7 Å². The second kappa shape index (κ2) is 26.1. The van der Waals surface area contributed by atoms with Crippen LogP contribution in [0.25, 0.3) is 0 Å². The Kier molecular flexibility index (Phi) is 21.4. The normalized spacial score (nSPS) is 11.5. The molecule has 7 amide bonds. The van der Waals surface area contributed by atoms with Gasteiger partial charge in [-0.05, 0) is 119 Å². The Hall–Kier alpha value is -6.35. The molecule has 0 bridgehead atoms. The molecule has 21 heteroatoms. The van der Waals surface area contributed by atoms with E-state index in [2.05, 4.69) is 31.9 Å². The minimum absolute atomic E-state index is 0.115. The number of nitrogens with one attached hydrogen (secondary N) is 6. The van der Waals surface area contributed by atoms with Crippen LogP contribution in [0, 0.1) is 0 Å². The van der Waals surface area contributed by atoms with E-state index in [1.807, 2.05) is 19.0 Å². The Morgan fingerprint density at radius 2 is 1.10 bits per heavy atom. The van der Waals surface area contributed by atoms with E-state index in [0.717, 1.165) is 13.0 Å². The van der Waals surface area contributed by atoms with Gasteiger partial charge in [0.2, 0.25) is 11.8 Å². The molecule has 3 aromatic heterocycles. The summed E-state index contributed by atoms with van der Waals surface area (Å²) in [4.78, 5) is 93.4. The zero-order valence-corrected chi connectivity index (χ0v) is 41.1. The molecule has 0 atom stereocenters. The highest BCUT2D eigenvalue weighted by molar-refractivity contribution is 6.07. The van der Waals surface area contributed by atoms with Gasteiger partial charge >= 0.3 is 12.2 Å². The predicted octanol–water partition coefficient (Wildman–Crippen LogP) is 4.56. The van der Waals surface area contributed by atoms with Gasteiger partial charge in [-0.1, -0.05) is 0 Å². The van der Waals surface area contributed by atoms with Crippen LogP contribution < -0.4 is 37.6 Å². The average Bonchev–Trinajstić information content (AvgIpc) is 3.92. The number of nitrogens with two attached hydrogens (primary N) is 1. The summed E-state index contributed by atoms with van der Waals surface area (Å²) in [5, 5.41) is 16.9. The second-order valence-electron chi connectivity index (χ2n) is 18.6. The van der Waals surface area contributed by atoms with Crippen molar-refractivity contribution >= 4 is 58.8 Å². The number of alkyl carbamates (subject to hydrolysis) is 1. The molecule has 372 valence electrons. The lowest BCUT2D eigenvalue weighted by Gasteiger charge is -2.27. The fourth-order valence-electron chi connectivity index (χ4n) is 6.75. The van der Waals surface area contributed by atoms with E-state index < -0.39 is 35.2 Å². The maximum absolute atomic E-state index is 14.0. The molecule has 8 N–H and O–H groups in total. The molecule has 3 rings (SSSR count). The lowest BCUT2D eigenvalue weighted by atomic mass is 10.2. The number of aromatic nitrogens is 3. The fraction of sp³-hybridized carbons (Fsp3) is 0.587. The third-order valence-electron chi connectivity index (χ3n) is 9.73. The largest absolute Gasteiger partial charge is 0.444 e. The molecule has 67 heavy (non-hydrogen) atoms. The van der Waals surface area contributed by atoms with Crippen LogP contribution in [0.2, 0.25) is 0 Å². The Bertz CT molecular complexity index is 2140. The first-order valence-electron chi connectivity index (χ1n) is 22.8. The van der Waals surface area contributed by atoms with Crippen molar-refractivity contribution in [2.75, 3.05) is 75.9 Å². The van der Waals surface area contributed by atoms with Crippen molar-refractivity contribution in [1.82, 2.24) is 39.5 Å². The SMILES string of the molecule is CC(=O)Nc1cc(C(=O)Nc2cc(C(=O)Nc3cc(C(=O)NCCCN(C)C)n(C)c3)n(CCCNC(=O)OC(C)(C)C)c2)n(CCCCCN(CCCNC(=O)CN)C(=O)OC(C)(C)C)c1. The van der Waals surface area contributed by atoms with Gasteiger partial charge in [-0.25, -0.2) is 9.59 Å². The number of ether oxygens (including phenoxy) is 2. The van der Waals surface area contributed by atoms with Crippen molar-refractivity contribution in [1.29, 1.82) is 0 Å². The van der Waals surface area contributed by atoms with Gasteiger partial charge in [0.05, 0.1) is 23.6 Å². The highest BCUT2D eigenvalue weighted by atomic mass is 16.6. The van der Waals surface area contributed by atoms with Crippen molar-refractivity contribution in [3.63, 3.8) is 0 Å². The van der Waals surface area contributed by atoms with E-state index in [1.54, 1.807) is 104 Å².